The van der Waals surface area contributed by atoms with Crippen molar-refractivity contribution in [2.24, 2.45) is 17.6 Å². The first kappa shape index (κ1) is 15.6. The van der Waals surface area contributed by atoms with Gasteiger partial charge in [0.2, 0.25) is 0 Å². The van der Waals surface area contributed by atoms with Gasteiger partial charge in [0.1, 0.15) is 5.60 Å². The lowest BCUT2D eigenvalue weighted by molar-refractivity contribution is 0.000502. The number of nitrogens with zero attached hydrogens (tertiary/aromatic N) is 1. The van der Waals surface area contributed by atoms with E-state index in [0.29, 0.717) is 18.4 Å². The molecule has 116 valence electrons. The molecule has 2 heterocycles. The first-order valence-corrected chi connectivity index (χ1v) is 7.68. The Morgan fingerprint density at radius 1 is 1.25 bits per heavy atom. The largest absolute Gasteiger partial charge is 0.444 e. The second kappa shape index (κ2) is 6.31. The van der Waals surface area contributed by atoms with Gasteiger partial charge < -0.3 is 20.1 Å². The van der Waals surface area contributed by atoms with Crippen molar-refractivity contribution in [3.05, 3.63) is 0 Å². The number of ether oxygens (including phenoxy) is 2. The molecule has 2 saturated heterocycles. The maximum atomic E-state index is 12.1. The summed E-state index contributed by atoms with van der Waals surface area (Å²) in [5, 5.41) is 0. The van der Waals surface area contributed by atoms with Crippen LogP contribution in [0, 0.1) is 11.8 Å². The van der Waals surface area contributed by atoms with Gasteiger partial charge in [-0.1, -0.05) is 0 Å². The Hall–Kier alpha value is -0.810. The molecule has 0 aliphatic carbocycles. The van der Waals surface area contributed by atoms with Crippen molar-refractivity contribution >= 4 is 6.09 Å². The second-order valence-electron chi connectivity index (χ2n) is 6.99. The van der Waals surface area contributed by atoms with Crippen molar-refractivity contribution in [2.45, 2.75) is 51.7 Å². The molecule has 0 aromatic rings. The predicted octanol–water partition coefficient (Wildman–Crippen LogP) is 2.00. The summed E-state index contributed by atoms with van der Waals surface area (Å²) in [5.74, 6) is 1.16. The van der Waals surface area contributed by atoms with Gasteiger partial charge in [0.25, 0.3) is 0 Å². The molecule has 5 nitrogen and oxygen atoms in total. The van der Waals surface area contributed by atoms with Gasteiger partial charge >= 0.3 is 6.09 Å². The highest BCUT2D eigenvalue weighted by molar-refractivity contribution is 5.68. The molecule has 1 amide bonds. The lowest BCUT2D eigenvalue weighted by Gasteiger charge is -2.41. The lowest BCUT2D eigenvalue weighted by Crippen LogP contribution is -2.53. The summed E-state index contributed by atoms with van der Waals surface area (Å²) in [5.41, 5.74) is 5.87. The Morgan fingerprint density at radius 2 is 1.90 bits per heavy atom. The molecule has 2 N–H and O–H groups in total. The van der Waals surface area contributed by atoms with Gasteiger partial charge in [-0.2, -0.15) is 0 Å². The SMILES string of the molecule is CC(C)(C)OC(=O)N1CCC(C2CCOCC2)C(N)C1. The van der Waals surface area contributed by atoms with Crippen LogP contribution in [-0.2, 0) is 9.47 Å². The summed E-state index contributed by atoms with van der Waals surface area (Å²) < 4.78 is 10.8. The molecule has 2 unspecified atom stereocenters. The summed E-state index contributed by atoms with van der Waals surface area (Å²) in [7, 11) is 0. The van der Waals surface area contributed by atoms with Gasteiger partial charge in [-0.3, -0.25) is 0 Å². The predicted molar refractivity (Wildman–Crippen MR) is 77.4 cm³/mol. The molecule has 2 rings (SSSR count). The summed E-state index contributed by atoms with van der Waals surface area (Å²) in [6, 6.07) is 0.0550. The van der Waals surface area contributed by atoms with E-state index in [0.717, 1.165) is 39.0 Å². The number of nitrogens with two attached hydrogens (primary N) is 1. The van der Waals surface area contributed by atoms with Gasteiger partial charge in [-0.15, -0.1) is 0 Å². The Kier molecular flexibility index (Phi) is 4.91. The molecular weight excluding hydrogens is 256 g/mol. The van der Waals surface area contributed by atoms with Crippen LogP contribution in [0.25, 0.3) is 0 Å². The number of rotatable bonds is 1. The van der Waals surface area contributed by atoms with E-state index in [2.05, 4.69) is 0 Å². The van der Waals surface area contributed by atoms with Gasteiger partial charge in [-0.25, -0.2) is 4.79 Å². The first-order valence-electron chi connectivity index (χ1n) is 7.68. The lowest BCUT2D eigenvalue weighted by atomic mass is 9.77. The molecule has 0 bridgehead atoms. The van der Waals surface area contributed by atoms with Crippen molar-refractivity contribution in [1.82, 2.24) is 4.90 Å². The van der Waals surface area contributed by atoms with Crippen molar-refractivity contribution < 1.29 is 14.3 Å². The number of carbonyl (C=O) groups excluding carboxylic acids is 1. The minimum atomic E-state index is -0.446. The Bertz CT molecular complexity index is 335. The molecule has 2 atom stereocenters. The Morgan fingerprint density at radius 3 is 2.45 bits per heavy atom. The van der Waals surface area contributed by atoms with E-state index < -0.39 is 5.60 Å². The second-order valence-corrected chi connectivity index (χ2v) is 6.99. The van der Waals surface area contributed by atoms with Crippen molar-refractivity contribution in [3.8, 4) is 0 Å². The third-order valence-electron chi connectivity index (χ3n) is 4.24. The quantitative estimate of drug-likeness (QED) is 0.800. The van der Waals surface area contributed by atoms with Crippen molar-refractivity contribution in [3.63, 3.8) is 0 Å². The molecule has 5 heteroatoms. The minimum Gasteiger partial charge on any atom is -0.444 e. The zero-order chi connectivity index (χ0) is 14.8. The highest BCUT2D eigenvalue weighted by atomic mass is 16.6. The number of carbonyl (C=O) groups is 1. The molecule has 2 fully saturated rings. The van der Waals surface area contributed by atoms with E-state index >= 15 is 0 Å². The van der Waals surface area contributed by atoms with E-state index in [1.165, 1.54) is 0 Å². The molecule has 0 spiro atoms. The summed E-state index contributed by atoms with van der Waals surface area (Å²) >= 11 is 0. The smallest absolute Gasteiger partial charge is 0.410 e. The van der Waals surface area contributed by atoms with Crippen LogP contribution in [0.1, 0.15) is 40.0 Å². The summed E-state index contributed by atoms with van der Waals surface area (Å²) in [4.78, 5) is 13.8. The van der Waals surface area contributed by atoms with Crippen LogP contribution in [0.4, 0.5) is 4.79 Å². The number of hydrogen-bond donors (Lipinski definition) is 1. The molecule has 2 aliphatic heterocycles. The maximum absolute atomic E-state index is 12.1. The summed E-state index contributed by atoms with van der Waals surface area (Å²) in [6.07, 6.45) is 2.94. The van der Waals surface area contributed by atoms with E-state index in [9.17, 15) is 4.79 Å². The number of hydrogen-bond acceptors (Lipinski definition) is 4. The fourth-order valence-electron chi connectivity index (χ4n) is 3.22. The normalized spacial score (nSPS) is 29.3. The monoisotopic (exact) mass is 284 g/mol. The van der Waals surface area contributed by atoms with Crippen LogP contribution in [0.5, 0.6) is 0 Å². The fraction of sp³-hybridized carbons (Fsp3) is 0.933. The average molecular weight is 284 g/mol. The Balaban J connectivity index is 1.86. The maximum Gasteiger partial charge on any atom is 0.410 e. The highest BCUT2D eigenvalue weighted by Gasteiger charge is 2.36. The zero-order valence-corrected chi connectivity index (χ0v) is 12.9. The minimum absolute atomic E-state index is 0.0550. The molecule has 0 aromatic carbocycles. The van der Waals surface area contributed by atoms with Crippen LogP contribution in [0.2, 0.25) is 0 Å². The van der Waals surface area contributed by atoms with Crippen LogP contribution >= 0.6 is 0 Å². The molecule has 2 aliphatic rings. The number of piperidine rings is 1. The van der Waals surface area contributed by atoms with E-state index in [4.69, 9.17) is 15.2 Å². The van der Waals surface area contributed by atoms with Gasteiger partial charge in [0.15, 0.2) is 0 Å². The zero-order valence-electron chi connectivity index (χ0n) is 12.9. The van der Waals surface area contributed by atoms with Crippen LogP contribution in [-0.4, -0.2) is 48.9 Å². The molecule has 0 radical (unpaired) electrons. The van der Waals surface area contributed by atoms with Crippen LogP contribution < -0.4 is 5.73 Å². The molecule has 0 saturated carbocycles. The van der Waals surface area contributed by atoms with Gasteiger partial charge in [0, 0.05) is 32.3 Å². The topological polar surface area (TPSA) is 64.8 Å². The van der Waals surface area contributed by atoms with Gasteiger partial charge in [0.05, 0.1) is 0 Å². The standard InChI is InChI=1S/C15H28N2O3/c1-15(2,3)20-14(18)17-7-4-12(13(16)10-17)11-5-8-19-9-6-11/h11-13H,4-10,16H2,1-3H3. The van der Waals surface area contributed by atoms with Crippen LogP contribution in [0.3, 0.4) is 0 Å². The molecule has 20 heavy (non-hydrogen) atoms. The van der Waals surface area contributed by atoms with Crippen molar-refractivity contribution in [1.29, 1.82) is 0 Å². The molecule has 0 aromatic heterocycles. The van der Waals surface area contributed by atoms with E-state index in [-0.39, 0.29) is 12.1 Å². The third-order valence-corrected chi connectivity index (χ3v) is 4.24. The number of amides is 1. The van der Waals surface area contributed by atoms with Crippen LogP contribution in [0.15, 0.2) is 0 Å². The average Bonchev–Trinajstić information content (AvgIpc) is 2.37. The fourth-order valence-corrected chi connectivity index (χ4v) is 3.22. The van der Waals surface area contributed by atoms with Crippen molar-refractivity contribution in [2.75, 3.05) is 26.3 Å². The molecular formula is C15H28N2O3. The Labute approximate surface area is 121 Å². The van der Waals surface area contributed by atoms with E-state index in [1.54, 1.807) is 4.90 Å². The summed E-state index contributed by atoms with van der Waals surface area (Å²) in [6.45, 7) is 8.73. The third kappa shape index (κ3) is 4.09. The first-order chi connectivity index (χ1) is 9.37. The highest BCUT2D eigenvalue weighted by Crippen LogP contribution is 2.31. The number of likely N-dealkylation sites (tertiary alicyclic amines) is 1. The van der Waals surface area contributed by atoms with E-state index in [1.807, 2.05) is 20.8 Å². The van der Waals surface area contributed by atoms with Gasteiger partial charge in [-0.05, 0) is 51.9 Å².